The van der Waals surface area contributed by atoms with Gasteiger partial charge in [-0.1, -0.05) is 0 Å². The van der Waals surface area contributed by atoms with Crippen molar-refractivity contribution in [3.63, 3.8) is 0 Å². The fourth-order valence-corrected chi connectivity index (χ4v) is 2.00. The van der Waals surface area contributed by atoms with Crippen LogP contribution in [0.25, 0.3) is 0 Å². The third-order valence-corrected chi connectivity index (χ3v) is 3.24. The van der Waals surface area contributed by atoms with Crippen LogP contribution in [0.15, 0.2) is 34.7 Å². The molecule has 0 aliphatic heterocycles. The molecule has 1 heterocycles. The summed E-state index contributed by atoms with van der Waals surface area (Å²) < 4.78 is 70.7. The maximum atomic E-state index is 13.4. The fourth-order valence-electron chi connectivity index (χ4n) is 2.00. The van der Waals surface area contributed by atoms with Gasteiger partial charge in [0.25, 0.3) is 0 Å². The van der Waals surface area contributed by atoms with Crippen molar-refractivity contribution < 1.29 is 36.3 Å². The van der Waals surface area contributed by atoms with Crippen molar-refractivity contribution in [2.45, 2.75) is 25.1 Å². The number of benzene rings is 1. The smallest absolute Gasteiger partial charge is 0.425 e. The second-order valence-corrected chi connectivity index (χ2v) is 5.12. The molecule has 4 nitrogen and oxygen atoms in total. The second kappa shape index (κ2) is 6.23. The Hall–Kier alpha value is -2.42. The predicted octanol–water partition coefficient (Wildman–Crippen LogP) is 3.64. The standard InChI is InChI=1S/C15H12F5NO3/c1-8-2-5-12(24-8)14(23,15(18,19)20)7-13(22)21-11-4-3-9(16)6-10(11)17/h2-6,23H,7H2,1H3,(H,21,22). The van der Waals surface area contributed by atoms with Crippen molar-refractivity contribution >= 4 is 11.6 Å². The van der Waals surface area contributed by atoms with E-state index >= 15 is 0 Å². The normalized spacial score (nSPS) is 14.3. The number of aryl methyl sites for hydroxylation is 1. The molecule has 0 bridgehead atoms. The molecule has 1 aromatic carbocycles. The van der Waals surface area contributed by atoms with E-state index in [0.29, 0.717) is 6.07 Å². The van der Waals surface area contributed by atoms with Gasteiger partial charge in [0.05, 0.1) is 12.1 Å². The highest BCUT2D eigenvalue weighted by molar-refractivity contribution is 5.91. The summed E-state index contributed by atoms with van der Waals surface area (Å²) in [6, 6.07) is 4.23. The summed E-state index contributed by atoms with van der Waals surface area (Å²) in [4.78, 5) is 11.8. The Morgan fingerprint density at radius 2 is 1.88 bits per heavy atom. The Morgan fingerprint density at radius 3 is 2.38 bits per heavy atom. The number of hydrogen-bond donors (Lipinski definition) is 2. The lowest BCUT2D eigenvalue weighted by Gasteiger charge is -2.28. The van der Waals surface area contributed by atoms with E-state index < -0.39 is 47.2 Å². The molecule has 1 aromatic heterocycles. The van der Waals surface area contributed by atoms with Crippen LogP contribution in [0, 0.1) is 18.6 Å². The molecule has 130 valence electrons. The first-order valence-corrected chi connectivity index (χ1v) is 6.64. The second-order valence-electron chi connectivity index (χ2n) is 5.12. The number of nitrogens with one attached hydrogen (secondary N) is 1. The molecule has 2 aromatic rings. The average molecular weight is 349 g/mol. The number of anilines is 1. The van der Waals surface area contributed by atoms with Gasteiger partial charge in [-0.05, 0) is 31.2 Å². The Labute approximate surface area is 132 Å². The minimum atomic E-state index is -5.21. The SMILES string of the molecule is Cc1ccc(C(O)(CC(=O)Nc2ccc(F)cc2F)C(F)(F)F)o1. The van der Waals surface area contributed by atoms with Crippen LogP contribution in [0.5, 0.6) is 0 Å². The summed E-state index contributed by atoms with van der Waals surface area (Å²) in [6.07, 6.45) is -6.67. The quantitative estimate of drug-likeness (QED) is 0.829. The van der Waals surface area contributed by atoms with Gasteiger partial charge < -0.3 is 14.8 Å². The van der Waals surface area contributed by atoms with Gasteiger partial charge in [0.2, 0.25) is 11.5 Å². The molecule has 0 aliphatic rings. The Balaban J connectivity index is 2.25. The highest BCUT2D eigenvalue weighted by Gasteiger charge is 2.58. The van der Waals surface area contributed by atoms with Crippen LogP contribution >= 0.6 is 0 Å². The zero-order valence-electron chi connectivity index (χ0n) is 12.2. The monoisotopic (exact) mass is 349 g/mol. The van der Waals surface area contributed by atoms with E-state index in [1.54, 1.807) is 0 Å². The fraction of sp³-hybridized carbons (Fsp3) is 0.267. The minimum Gasteiger partial charge on any atom is -0.463 e. The molecule has 2 N–H and O–H groups in total. The van der Waals surface area contributed by atoms with Gasteiger partial charge in [-0.2, -0.15) is 13.2 Å². The first-order chi connectivity index (χ1) is 11.0. The summed E-state index contributed by atoms with van der Waals surface area (Å²) >= 11 is 0. The number of rotatable bonds is 4. The van der Waals surface area contributed by atoms with Gasteiger partial charge in [-0.15, -0.1) is 0 Å². The van der Waals surface area contributed by atoms with Gasteiger partial charge in [0, 0.05) is 6.07 Å². The number of alkyl halides is 3. The molecule has 24 heavy (non-hydrogen) atoms. The zero-order valence-corrected chi connectivity index (χ0v) is 12.2. The lowest BCUT2D eigenvalue weighted by molar-refractivity contribution is -0.272. The number of aliphatic hydroxyl groups is 1. The maximum absolute atomic E-state index is 13.4. The number of carbonyl (C=O) groups is 1. The summed E-state index contributed by atoms with van der Waals surface area (Å²) in [5, 5.41) is 11.8. The molecule has 9 heteroatoms. The van der Waals surface area contributed by atoms with Crippen molar-refractivity contribution in [3.8, 4) is 0 Å². The van der Waals surface area contributed by atoms with E-state index in [1.807, 2.05) is 5.32 Å². The van der Waals surface area contributed by atoms with Crippen LogP contribution in [0.4, 0.5) is 27.6 Å². The van der Waals surface area contributed by atoms with Crippen LogP contribution in [0.3, 0.4) is 0 Å². The third-order valence-electron chi connectivity index (χ3n) is 3.24. The topological polar surface area (TPSA) is 62.5 Å². The van der Waals surface area contributed by atoms with Gasteiger partial charge in [0.15, 0.2) is 0 Å². The van der Waals surface area contributed by atoms with Gasteiger partial charge in [0.1, 0.15) is 23.2 Å². The summed E-state index contributed by atoms with van der Waals surface area (Å²) in [5.41, 5.74) is -4.09. The van der Waals surface area contributed by atoms with Crippen LogP contribution in [0.2, 0.25) is 0 Å². The van der Waals surface area contributed by atoms with E-state index in [-0.39, 0.29) is 5.76 Å². The van der Waals surface area contributed by atoms with E-state index in [0.717, 1.165) is 18.2 Å². The largest absolute Gasteiger partial charge is 0.463 e. The molecular weight excluding hydrogens is 337 g/mol. The van der Waals surface area contributed by atoms with E-state index in [9.17, 15) is 31.9 Å². The van der Waals surface area contributed by atoms with Crippen molar-refractivity contribution in [1.82, 2.24) is 0 Å². The van der Waals surface area contributed by atoms with Crippen LogP contribution < -0.4 is 5.32 Å². The summed E-state index contributed by atoms with van der Waals surface area (Å²) in [7, 11) is 0. The van der Waals surface area contributed by atoms with Gasteiger partial charge in [-0.3, -0.25) is 4.79 Å². The number of furan rings is 1. The lowest BCUT2D eigenvalue weighted by Crippen LogP contribution is -2.44. The molecule has 0 saturated heterocycles. The maximum Gasteiger partial charge on any atom is 0.425 e. The number of amides is 1. The zero-order chi connectivity index (χ0) is 18.1. The predicted molar refractivity (Wildman–Crippen MR) is 73.0 cm³/mol. The van der Waals surface area contributed by atoms with Gasteiger partial charge in [-0.25, -0.2) is 8.78 Å². The molecule has 1 amide bonds. The third kappa shape index (κ3) is 3.56. The molecule has 1 unspecified atom stereocenters. The van der Waals surface area contributed by atoms with Gasteiger partial charge >= 0.3 is 6.18 Å². The Morgan fingerprint density at radius 1 is 1.21 bits per heavy atom. The Bertz CT molecular complexity index is 756. The van der Waals surface area contributed by atoms with E-state index in [2.05, 4.69) is 0 Å². The number of hydrogen-bond acceptors (Lipinski definition) is 3. The molecule has 0 saturated carbocycles. The first-order valence-electron chi connectivity index (χ1n) is 6.64. The first kappa shape index (κ1) is 17.9. The molecule has 0 radical (unpaired) electrons. The molecule has 0 aliphatic carbocycles. The van der Waals surface area contributed by atoms with Crippen molar-refractivity contribution in [3.05, 3.63) is 53.5 Å². The highest BCUT2D eigenvalue weighted by atomic mass is 19.4. The van der Waals surface area contributed by atoms with Crippen LogP contribution in [0.1, 0.15) is 17.9 Å². The molecule has 0 spiro atoms. The molecule has 0 fully saturated rings. The summed E-state index contributed by atoms with van der Waals surface area (Å²) in [5.74, 6) is -4.15. The molecule has 2 rings (SSSR count). The van der Waals surface area contributed by atoms with Crippen molar-refractivity contribution in [2.24, 2.45) is 0 Å². The molecular formula is C15H12F5NO3. The van der Waals surface area contributed by atoms with Crippen molar-refractivity contribution in [1.29, 1.82) is 0 Å². The van der Waals surface area contributed by atoms with Crippen LogP contribution in [-0.4, -0.2) is 17.2 Å². The average Bonchev–Trinajstić information content (AvgIpc) is 2.87. The highest BCUT2D eigenvalue weighted by Crippen LogP contribution is 2.42. The Kier molecular flexibility index (Phi) is 4.66. The molecule has 1 atom stereocenters. The van der Waals surface area contributed by atoms with E-state index in [4.69, 9.17) is 4.42 Å². The van der Waals surface area contributed by atoms with Crippen molar-refractivity contribution in [2.75, 3.05) is 5.32 Å². The van der Waals surface area contributed by atoms with Crippen LogP contribution in [-0.2, 0) is 10.4 Å². The number of halogens is 5. The summed E-state index contributed by atoms with van der Waals surface area (Å²) in [6.45, 7) is 1.37. The van der Waals surface area contributed by atoms with E-state index in [1.165, 1.54) is 13.0 Å². The lowest BCUT2D eigenvalue weighted by atomic mass is 9.95. The number of carbonyl (C=O) groups excluding carboxylic acids is 1. The minimum absolute atomic E-state index is 0.109.